The second kappa shape index (κ2) is 6.99. The first-order valence-corrected chi connectivity index (χ1v) is 6.60. The van der Waals surface area contributed by atoms with E-state index in [9.17, 15) is 4.79 Å². The van der Waals surface area contributed by atoms with E-state index in [2.05, 4.69) is 10.8 Å². The number of amides is 2. The molecule has 0 aliphatic heterocycles. The van der Waals surface area contributed by atoms with Crippen molar-refractivity contribution in [3.63, 3.8) is 0 Å². The zero-order valence-corrected chi connectivity index (χ0v) is 11.1. The maximum absolute atomic E-state index is 11.5. The number of rotatable bonds is 5. The summed E-state index contributed by atoms with van der Waals surface area (Å²) in [5.41, 5.74) is 3.45. The lowest BCUT2D eigenvalue weighted by atomic mass is 10.2. The van der Waals surface area contributed by atoms with Gasteiger partial charge >= 0.3 is 6.03 Å². The Labute approximate surface area is 113 Å². The van der Waals surface area contributed by atoms with Crippen molar-refractivity contribution in [1.82, 2.24) is 10.8 Å². The van der Waals surface area contributed by atoms with E-state index in [-0.39, 0.29) is 12.1 Å². The maximum Gasteiger partial charge on any atom is 0.338 e. The quantitative estimate of drug-likeness (QED) is 0.803. The number of carbonyl (C=O) groups excluding carboxylic acids is 1. The molecule has 1 saturated carbocycles. The first kappa shape index (κ1) is 13.7. The highest BCUT2D eigenvalue weighted by Crippen LogP contribution is 2.19. The molecule has 1 aliphatic rings. The molecule has 1 fully saturated rings. The minimum atomic E-state index is -0.303. The summed E-state index contributed by atoms with van der Waals surface area (Å²) >= 11 is 0. The van der Waals surface area contributed by atoms with Gasteiger partial charge in [0.2, 0.25) is 0 Å². The number of carbonyl (C=O) groups is 1. The van der Waals surface area contributed by atoms with Crippen LogP contribution in [0, 0.1) is 0 Å². The summed E-state index contributed by atoms with van der Waals surface area (Å²) in [6, 6.07) is 7.25. The summed E-state index contributed by atoms with van der Waals surface area (Å²) in [6.07, 6.45) is 4.59. The average Bonchev–Trinajstić information content (AvgIpc) is 2.96. The first-order valence-electron chi connectivity index (χ1n) is 6.60. The molecule has 2 rings (SSSR count). The first-order chi connectivity index (χ1) is 9.28. The summed E-state index contributed by atoms with van der Waals surface area (Å²) in [4.78, 5) is 16.8. The third kappa shape index (κ3) is 4.44. The number of hydroxylamine groups is 1. The predicted molar refractivity (Wildman–Crippen MR) is 71.7 cm³/mol. The van der Waals surface area contributed by atoms with Gasteiger partial charge in [-0.3, -0.25) is 4.84 Å². The van der Waals surface area contributed by atoms with Crippen molar-refractivity contribution in [3.05, 3.63) is 29.8 Å². The van der Waals surface area contributed by atoms with E-state index in [1.807, 2.05) is 24.3 Å². The fourth-order valence-corrected chi connectivity index (χ4v) is 2.10. The van der Waals surface area contributed by atoms with Crippen LogP contribution in [0.1, 0.15) is 31.2 Å². The van der Waals surface area contributed by atoms with E-state index < -0.39 is 0 Å². The molecule has 1 aromatic rings. The lowest BCUT2D eigenvalue weighted by Gasteiger charge is -2.12. The second-order valence-corrected chi connectivity index (χ2v) is 4.66. The zero-order valence-electron chi connectivity index (χ0n) is 11.1. The Hall–Kier alpha value is -1.75. The fourth-order valence-electron chi connectivity index (χ4n) is 2.10. The molecule has 0 spiro atoms. The van der Waals surface area contributed by atoms with Gasteiger partial charge in [0.15, 0.2) is 0 Å². The summed E-state index contributed by atoms with van der Waals surface area (Å²) in [5.74, 6) is 0.803. The van der Waals surface area contributed by atoms with Crippen molar-refractivity contribution >= 4 is 6.03 Å². The van der Waals surface area contributed by atoms with Crippen molar-refractivity contribution < 1.29 is 14.4 Å². The van der Waals surface area contributed by atoms with E-state index in [1.165, 1.54) is 12.8 Å². The van der Waals surface area contributed by atoms with E-state index in [1.54, 1.807) is 7.11 Å². The maximum atomic E-state index is 11.5. The molecular formula is C14H20N2O3. The number of urea groups is 1. The second-order valence-electron chi connectivity index (χ2n) is 4.66. The molecule has 5 nitrogen and oxygen atoms in total. The molecule has 0 saturated heterocycles. The van der Waals surface area contributed by atoms with Gasteiger partial charge in [0.1, 0.15) is 5.75 Å². The van der Waals surface area contributed by atoms with E-state index >= 15 is 0 Å². The monoisotopic (exact) mass is 264 g/mol. The van der Waals surface area contributed by atoms with Crippen LogP contribution in [0.25, 0.3) is 0 Å². The molecule has 0 radical (unpaired) electrons. The molecule has 0 bridgehead atoms. The van der Waals surface area contributed by atoms with Gasteiger partial charge in [-0.2, -0.15) is 0 Å². The van der Waals surface area contributed by atoms with Crippen LogP contribution in [0.2, 0.25) is 0 Å². The van der Waals surface area contributed by atoms with E-state index in [0.717, 1.165) is 24.2 Å². The third-order valence-electron chi connectivity index (χ3n) is 3.23. The number of benzene rings is 1. The third-order valence-corrected chi connectivity index (χ3v) is 3.23. The van der Waals surface area contributed by atoms with Crippen molar-refractivity contribution in [3.8, 4) is 5.75 Å². The van der Waals surface area contributed by atoms with Crippen LogP contribution in [0.4, 0.5) is 4.79 Å². The van der Waals surface area contributed by atoms with Crippen LogP contribution >= 0.6 is 0 Å². The molecule has 2 N–H and O–H groups in total. The highest BCUT2D eigenvalue weighted by molar-refractivity contribution is 5.72. The minimum absolute atomic E-state index is 0.173. The van der Waals surface area contributed by atoms with E-state index in [0.29, 0.717) is 6.54 Å². The van der Waals surface area contributed by atoms with E-state index in [4.69, 9.17) is 9.57 Å². The Balaban J connectivity index is 1.67. The summed E-state index contributed by atoms with van der Waals surface area (Å²) < 4.78 is 5.07. The Morgan fingerprint density at radius 1 is 1.26 bits per heavy atom. The average molecular weight is 264 g/mol. The normalized spacial score (nSPS) is 15.2. The molecule has 1 aliphatic carbocycles. The van der Waals surface area contributed by atoms with Crippen LogP contribution in [0.5, 0.6) is 5.75 Å². The standard InChI is InChI=1S/C14H20N2O3/c1-18-12-8-6-11(7-9-12)10-15-14(17)16-19-13-4-2-3-5-13/h6-9,13H,2-5,10H2,1H3,(H2,15,16,17). The van der Waals surface area contributed by atoms with Crippen molar-refractivity contribution in [2.75, 3.05) is 7.11 Å². The molecule has 19 heavy (non-hydrogen) atoms. The Bertz CT molecular complexity index is 400. The van der Waals surface area contributed by atoms with Gasteiger partial charge in [-0.15, -0.1) is 0 Å². The number of ether oxygens (including phenoxy) is 1. The zero-order chi connectivity index (χ0) is 13.5. The molecule has 0 unspecified atom stereocenters. The number of methoxy groups -OCH3 is 1. The van der Waals surface area contributed by atoms with Crippen LogP contribution in [-0.2, 0) is 11.4 Å². The van der Waals surface area contributed by atoms with Crippen molar-refractivity contribution in [2.24, 2.45) is 0 Å². The number of hydrogen-bond donors (Lipinski definition) is 2. The minimum Gasteiger partial charge on any atom is -0.497 e. The summed E-state index contributed by atoms with van der Waals surface area (Å²) in [6.45, 7) is 0.462. The molecule has 0 aromatic heterocycles. The van der Waals surface area contributed by atoms with Gasteiger partial charge < -0.3 is 10.1 Å². The predicted octanol–water partition coefficient (Wildman–Crippen LogP) is 2.37. The topological polar surface area (TPSA) is 59.6 Å². The summed E-state index contributed by atoms with van der Waals surface area (Å²) in [5, 5.41) is 2.74. The molecule has 1 aromatic carbocycles. The highest BCUT2D eigenvalue weighted by Gasteiger charge is 2.16. The Morgan fingerprint density at radius 2 is 1.95 bits per heavy atom. The lowest BCUT2D eigenvalue weighted by molar-refractivity contribution is 0.000122. The Morgan fingerprint density at radius 3 is 2.58 bits per heavy atom. The van der Waals surface area contributed by atoms with Gasteiger partial charge in [0, 0.05) is 6.54 Å². The SMILES string of the molecule is COc1ccc(CNC(=O)NOC2CCCC2)cc1. The molecule has 0 heterocycles. The number of nitrogens with one attached hydrogen (secondary N) is 2. The summed E-state index contributed by atoms with van der Waals surface area (Å²) in [7, 11) is 1.63. The number of hydrogen-bond acceptors (Lipinski definition) is 3. The van der Waals surface area contributed by atoms with Crippen LogP contribution < -0.4 is 15.5 Å². The Kier molecular flexibility index (Phi) is 5.03. The lowest BCUT2D eigenvalue weighted by Crippen LogP contribution is -2.37. The molecule has 5 heteroatoms. The van der Waals surface area contributed by atoms with Gasteiger partial charge in [0.05, 0.1) is 13.2 Å². The smallest absolute Gasteiger partial charge is 0.338 e. The molecule has 2 amide bonds. The van der Waals surface area contributed by atoms with Gasteiger partial charge in [-0.05, 0) is 30.5 Å². The van der Waals surface area contributed by atoms with Gasteiger partial charge in [0.25, 0.3) is 0 Å². The van der Waals surface area contributed by atoms with Crippen molar-refractivity contribution in [1.29, 1.82) is 0 Å². The van der Waals surface area contributed by atoms with Crippen LogP contribution in [0.3, 0.4) is 0 Å². The van der Waals surface area contributed by atoms with Crippen LogP contribution in [0.15, 0.2) is 24.3 Å². The van der Waals surface area contributed by atoms with Crippen LogP contribution in [-0.4, -0.2) is 19.2 Å². The van der Waals surface area contributed by atoms with Gasteiger partial charge in [-0.25, -0.2) is 10.3 Å². The fraction of sp³-hybridized carbons (Fsp3) is 0.500. The van der Waals surface area contributed by atoms with Crippen molar-refractivity contribution in [2.45, 2.75) is 38.3 Å². The molecule has 0 atom stereocenters. The molecule has 104 valence electrons. The largest absolute Gasteiger partial charge is 0.497 e. The molecular weight excluding hydrogens is 244 g/mol. The highest BCUT2D eigenvalue weighted by atomic mass is 16.7. The van der Waals surface area contributed by atoms with Gasteiger partial charge in [-0.1, -0.05) is 25.0 Å².